The maximum Gasteiger partial charge on any atom is 0.241 e. The molecule has 0 radical (unpaired) electrons. The van der Waals surface area contributed by atoms with Gasteiger partial charge in [-0.3, -0.25) is 0 Å². The van der Waals surface area contributed by atoms with E-state index in [1.807, 2.05) is 6.07 Å². The van der Waals surface area contributed by atoms with Crippen molar-refractivity contribution in [3.05, 3.63) is 16.3 Å². The highest BCUT2D eigenvalue weighted by Gasteiger charge is 2.33. The normalized spacial score (nSPS) is 25.3. The van der Waals surface area contributed by atoms with Crippen molar-refractivity contribution in [2.75, 3.05) is 0 Å². The van der Waals surface area contributed by atoms with Crippen LogP contribution in [0, 0.1) is 5.41 Å². The molecule has 118 valence electrons. The second-order valence-electron chi connectivity index (χ2n) is 7.13. The summed E-state index contributed by atoms with van der Waals surface area (Å²) in [7, 11) is -3.36. The van der Waals surface area contributed by atoms with Gasteiger partial charge in [-0.25, -0.2) is 13.1 Å². The average molecular weight is 329 g/mol. The van der Waals surface area contributed by atoms with E-state index in [2.05, 4.69) is 23.9 Å². The van der Waals surface area contributed by atoms with Crippen molar-refractivity contribution in [3.63, 3.8) is 0 Å². The fraction of sp³-hybridized carbons (Fsp3) is 0.733. The number of sulfonamides is 1. The molecular formula is C15H24N2O2S2. The van der Waals surface area contributed by atoms with Crippen molar-refractivity contribution in [3.8, 4) is 0 Å². The minimum Gasteiger partial charge on any atom is -0.309 e. The summed E-state index contributed by atoms with van der Waals surface area (Å²) in [4.78, 5) is 1.51. The topological polar surface area (TPSA) is 58.2 Å². The monoisotopic (exact) mass is 328 g/mol. The van der Waals surface area contributed by atoms with Crippen molar-refractivity contribution in [2.24, 2.45) is 5.41 Å². The van der Waals surface area contributed by atoms with Gasteiger partial charge >= 0.3 is 0 Å². The van der Waals surface area contributed by atoms with Crippen molar-refractivity contribution in [2.45, 2.75) is 69.5 Å². The first kappa shape index (κ1) is 15.5. The van der Waals surface area contributed by atoms with E-state index in [4.69, 9.17) is 0 Å². The van der Waals surface area contributed by atoms with E-state index in [0.29, 0.717) is 10.9 Å². The van der Waals surface area contributed by atoms with Gasteiger partial charge < -0.3 is 5.32 Å². The molecule has 2 fully saturated rings. The van der Waals surface area contributed by atoms with Crippen LogP contribution in [0.5, 0.6) is 0 Å². The van der Waals surface area contributed by atoms with Gasteiger partial charge in [0.05, 0.1) is 4.90 Å². The summed E-state index contributed by atoms with van der Waals surface area (Å²) < 4.78 is 27.8. The Kier molecular flexibility index (Phi) is 4.16. The Bertz CT molecular complexity index is 603. The van der Waals surface area contributed by atoms with Crippen LogP contribution in [-0.2, 0) is 16.6 Å². The Balaban J connectivity index is 1.61. The van der Waals surface area contributed by atoms with E-state index in [9.17, 15) is 8.42 Å². The summed E-state index contributed by atoms with van der Waals surface area (Å²) in [5.41, 5.74) is 0.251. The SMILES string of the molecule is CC1(C)CCC(NS(=O)(=O)c2csc(CNC3CC3)c2)C1. The third kappa shape index (κ3) is 4.06. The highest BCUT2D eigenvalue weighted by molar-refractivity contribution is 7.89. The molecule has 1 heterocycles. The van der Waals surface area contributed by atoms with Crippen LogP contribution in [0.25, 0.3) is 0 Å². The molecule has 0 amide bonds. The van der Waals surface area contributed by atoms with E-state index in [1.54, 1.807) is 5.38 Å². The van der Waals surface area contributed by atoms with Crippen molar-refractivity contribution in [1.29, 1.82) is 0 Å². The van der Waals surface area contributed by atoms with E-state index >= 15 is 0 Å². The molecule has 1 atom stereocenters. The van der Waals surface area contributed by atoms with Crippen molar-refractivity contribution in [1.82, 2.24) is 10.0 Å². The zero-order valence-corrected chi connectivity index (χ0v) is 14.3. The molecule has 2 aliphatic rings. The standard InChI is InChI=1S/C15H24N2O2S2/c1-15(2)6-5-12(8-15)17-21(18,19)14-7-13(20-10-14)9-16-11-3-4-11/h7,10-12,16-17H,3-6,8-9H2,1-2H3. The first-order valence-corrected chi connectivity index (χ1v) is 10.0. The Hall–Kier alpha value is -0.430. The van der Waals surface area contributed by atoms with Crippen LogP contribution < -0.4 is 10.0 Å². The van der Waals surface area contributed by atoms with E-state index in [-0.39, 0.29) is 11.5 Å². The van der Waals surface area contributed by atoms with Crippen molar-refractivity contribution >= 4 is 21.4 Å². The molecule has 2 saturated carbocycles. The summed E-state index contributed by atoms with van der Waals surface area (Å²) in [5, 5.41) is 5.17. The molecule has 0 aliphatic heterocycles. The van der Waals surface area contributed by atoms with E-state index in [0.717, 1.165) is 30.7 Å². The molecule has 0 bridgehead atoms. The Morgan fingerprint density at radius 3 is 2.67 bits per heavy atom. The van der Waals surface area contributed by atoms with Crippen LogP contribution in [0.15, 0.2) is 16.3 Å². The molecule has 1 aromatic heterocycles. The van der Waals surface area contributed by atoms with Gasteiger partial charge in [-0.15, -0.1) is 11.3 Å². The van der Waals surface area contributed by atoms with Gasteiger partial charge in [-0.1, -0.05) is 13.8 Å². The molecule has 0 spiro atoms. The predicted molar refractivity (Wildman–Crippen MR) is 85.9 cm³/mol. The molecular weight excluding hydrogens is 304 g/mol. The van der Waals surface area contributed by atoms with Crippen LogP contribution in [0.2, 0.25) is 0 Å². The number of hydrogen-bond donors (Lipinski definition) is 2. The summed E-state index contributed by atoms with van der Waals surface area (Å²) in [5.74, 6) is 0. The summed E-state index contributed by atoms with van der Waals surface area (Å²) >= 11 is 1.52. The quantitative estimate of drug-likeness (QED) is 0.844. The lowest BCUT2D eigenvalue weighted by Gasteiger charge is -2.17. The predicted octanol–water partition coefficient (Wildman–Crippen LogP) is 2.86. The summed E-state index contributed by atoms with van der Waals surface area (Å²) in [6.45, 7) is 5.18. The second kappa shape index (κ2) is 5.65. The van der Waals surface area contributed by atoms with Gasteiger partial charge in [0.25, 0.3) is 0 Å². The Morgan fingerprint density at radius 2 is 2.05 bits per heavy atom. The molecule has 0 saturated heterocycles. The maximum absolute atomic E-state index is 12.4. The highest BCUT2D eigenvalue weighted by atomic mass is 32.2. The van der Waals surface area contributed by atoms with Crippen LogP contribution in [0.1, 0.15) is 50.8 Å². The third-order valence-corrected chi connectivity index (χ3v) is 6.96. The fourth-order valence-electron chi connectivity index (χ4n) is 2.95. The number of hydrogen-bond acceptors (Lipinski definition) is 4. The number of thiophene rings is 1. The van der Waals surface area contributed by atoms with Crippen LogP contribution in [0.4, 0.5) is 0 Å². The van der Waals surface area contributed by atoms with Gasteiger partial charge in [0.15, 0.2) is 0 Å². The smallest absolute Gasteiger partial charge is 0.241 e. The summed E-state index contributed by atoms with van der Waals surface area (Å²) in [6.07, 6.45) is 5.43. The van der Waals surface area contributed by atoms with Crippen molar-refractivity contribution < 1.29 is 8.42 Å². The molecule has 1 unspecified atom stereocenters. The second-order valence-corrected chi connectivity index (χ2v) is 9.84. The molecule has 0 aromatic carbocycles. The molecule has 2 N–H and O–H groups in total. The van der Waals surface area contributed by atoms with E-state index in [1.165, 1.54) is 24.2 Å². The molecule has 3 rings (SSSR count). The zero-order valence-electron chi connectivity index (χ0n) is 12.7. The highest BCUT2D eigenvalue weighted by Crippen LogP contribution is 2.37. The molecule has 4 nitrogen and oxygen atoms in total. The maximum atomic E-state index is 12.4. The minimum absolute atomic E-state index is 0.0814. The minimum atomic E-state index is -3.36. The van der Waals surface area contributed by atoms with E-state index < -0.39 is 10.0 Å². The Labute approximate surface area is 131 Å². The number of rotatable bonds is 6. The van der Waals surface area contributed by atoms with Gasteiger partial charge in [-0.05, 0) is 43.6 Å². The van der Waals surface area contributed by atoms with Crippen LogP contribution in [0.3, 0.4) is 0 Å². The molecule has 2 aliphatic carbocycles. The number of nitrogens with one attached hydrogen (secondary N) is 2. The van der Waals surface area contributed by atoms with Gasteiger partial charge in [-0.2, -0.15) is 0 Å². The molecule has 1 aromatic rings. The van der Waals surface area contributed by atoms with Gasteiger partial charge in [0, 0.05) is 28.9 Å². The lowest BCUT2D eigenvalue weighted by atomic mass is 9.92. The zero-order chi connectivity index (χ0) is 15.1. The Morgan fingerprint density at radius 1 is 1.29 bits per heavy atom. The largest absolute Gasteiger partial charge is 0.309 e. The van der Waals surface area contributed by atoms with Crippen LogP contribution >= 0.6 is 11.3 Å². The first-order chi connectivity index (χ1) is 9.84. The lowest BCUT2D eigenvalue weighted by Crippen LogP contribution is -2.33. The van der Waals surface area contributed by atoms with Gasteiger partial charge in [0.2, 0.25) is 10.0 Å². The lowest BCUT2D eigenvalue weighted by molar-refractivity contribution is 0.372. The first-order valence-electron chi connectivity index (χ1n) is 7.67. The third-order valence-electron chi connectivity index (χ3n) is 4.37. The average Bonchev–Trinajstić information content (AvgIpc) is 2.97. The van der Waals surface area contributed by atoms with Crippen LogP contribution in [-0.4, -0.2) is 20.5 Å². The molecule has 21 heavy (non-hydrogen) atoms. The fourth-order valence-corrected chi connectivity index (χ4v) is 5.45. The molecule has 6 heteroatoms. The summed E-state index contributed by atoms with van der Waals surface area (Å²) in [6, 6.07) is 2.53. The van der Waals surface area contributed by atoms with Gasteiger partial charge in [0.1, 0.15) is 0 Å².